The number of nitrogen functional groups attached to an aromatic ring is 1. The first-order valence-electron chi connectivity index (χ1n) is 7.38. The van der Waals surface area contributed by atoms with E-state index in [9.17, 15) is 4.79 Å². The predicted octanol–water partition coefficient (Wildman–Crippen LogP) is 1.89. The van der Waals surface area contributed by atoms with Crippen molar-refractivity contribution in [2.75, 3.05) is 5.73 Å². The summed E-state index contributed by atoms with van der Waals surface area (Å²) in [6.07, 6.45) is 1.28. The molecule has 7 heteroatoms. The molecule has 7 nitrogen and oxygen atoms in total. The summed E-state index contributed by atoms with van der Waals surface area (Å²) in [6.45, 7) is 4.50. The minimum absolute atomic E-state index is 0.0476. The van der Waals surface area contributed by atoms with E-state index in [1.165, 1.54) is 6.20 Å². The van der Waals surface area contributed by atoms with Crippen LogP contribution in [0.3, 0.4) is 0 Å². The fourth-order valence-electron chi connectivity index (χ4n) is 2.54. The molecule has 0 aliphatic heterocycles. The SMILES string of the molecule is Cc1cc(C)n(Cc2cccc(C(=O)n3ncc(C#N)c3N)c2)n1. The minimum atomic E-state index is -0.371. The van der Waals surface area contributed by atoms with Crippen LogP contribution in [0.25, 0.3) is 0 Å². The van der Waals surface area contributed by atoms with E-state index in [0.29, 0.717) is 12.1 Å². The Bertz CT molecular complexity index is 960. The van der Waals surface area contributed by atoms with E-state index in [0.717, 1.165) is 21.6 Å². The van der Waals surface area contributed by atoms with Crippen molar-refractivity contribution in [3.05, 3.63) is 64.6 Å². The van der Waals surface area contributed by atoms with Gasteiger partial charge in [-0.15, -0.1) is 0 Å². The summed E-state index contributed by atoms with van der Waals surface area (Å²) in [4.78, 5) is 12.6. The van der Waals surface area contributed by atoms with E-state index < -0.39 is 0 Å². The van der Waals surface area contributed by atoms with Crippen molar-refractivity contribution in [2.45, 2.75) is 20.4 Å². The lowest BCUT2D eigenvalue weighted by molar-refractivity contribution is 0.0948. The fraction of sp³-hybridized carbons (Fsp3) is 0.176. The van der Waals surface area contributed by atoms with Gasteiger partial charge in [0.1, 0.15) is 17.5 Å². The van der Waals surface area contributed by atoms with E-state index in [2.05, 4.69) is 10.2 Å². The number of nitrogens with zero attached hydrogens (tertiary/aromatic N) is 5. The van der Waals surface area contributed by atoms with Gasteiger partial charge < -0.3 is 5.73 Å². The van der Waals surface area contributed by atoms with Gasteiger partial charge in [-0.25, -0.2) is 0 Å². The standard InChI is InChI=1S/C17H16N6O/c1-11-6-12(2)22(21-11)10-13-4-3-5-14(7-13)17(24)23-16(19)15(8-18)9-20-23/h3-7,9H,10,19H2,1-2H3. The number of aryl methyl sites for hydroxylation is 2. The summed E-state index contributed by atoms with van der Waals surface area (Å²) >= 11 is 0. The van der Waals surface area contributed by atoms with Gasteiger partial charge in [0, 0.05) is 11.3 Å². The molecule has 0 aliphatic carbocycles. The maximum Gasteiger partial charge on any atom is 0.280 e. The van der Waals surface area contributed by atoms with Gasteiger partial charge in [-0.2, -0.15) is 20.1 Å². The number of rotatable bonds is 3. The highest BCUT2D eigenvalue weighted by Crippen LogP contribution is 2.14. The van der Waals surface area contributed by atoms with Crippen LogP contribution in [-0.2, 0) is 6.54 Å². The third-order valence-corrected chi connectivity index (χ3v) is 3.73. The van der Waals surface area contributed by atoms with Gasteiger partial charge in [-0.05, 0) is 37.6 Å². The Morgan fingerprint density at radius 1 is 1.33 bits per heavy atom. The molecule has 3 rings (SSSR count). The topological polar surface area (TPSA) is 103 Å². The molecule has 0 atom stereocenters. The van der Waals surface area contributed by atoms with Crippen LogP contribution in [0.4, 0.5) is 5.82 Å². The molecule has 0 spiro atoms. The molecule has 0 radical (unpaired) electrons. The molecule has 0 unspecified atom stereocenters. The molecular weight excluding hydrogens is 304 g/mol. The molecule has 3 aromatic rings. The summed E-state index contributed by atoms with van der Waals surface area (Å²) in [6, 6.07) is 11.1. The lowest BCUT2D eigenvalue weighted by atomic mass is 10.1. The quantitative estimate of drug-likeness (QED) is 0.794. The zero-order valence-electron chi connectivity index (χ0n) is 13.4. The Labute approximate surface area is 138 Å². The van der Waals surface area contributed by atoms with Crippen LogP contribution in [0, 0.1) is 25.2 Å². The molecule has 24 heavy (non-hydrogen) atoms. The number of carbonyl (C=O) groups excluding carboxylic acids is 1. The van der Waals surface area contributed by atoms with E-state index in [1.807, 2.05) is 36.7 Å². The smallest absolute Gasteiger partial charge is 0.280 e. The molecule has 1 aromatic carbocycles. The number of nitrogens with two attached hydrogens (primary N) is 1. The van der Waals surface area contributed by atoms with E-state index in [-0.39, 0.29) is 17.3 Å². The molecule has 0 bridgehead atoms. The first-order chi connectivity index (χ1) is 11.5. The zero-order chi connectivity index (χ0) is 17.3. The Kier molecular flexibility index (Phi) is 3.88. The van der Waals surface area contributed by atoms with Crippen LogP contribution in [0.5, 0.6) is 0 Å². The summed E-state index contributed by atoms with van der Waals surface area (Å²) in [5, 5.41) is 17.2. The monoisotopic (exact) mass is 320 g/mol. The molecular formula is C17H16N6O. The van der Waals surface area contributed by atoms with Crippen LogP contribution >= 0.6 is 0 Å². The molecule has 0 saturated heterocycles. The van der Waals surface area contributed by atoms with Gasteiger partial charge in [0.2, 0.25) is 0 Å². The van der Waals surface area contributed by atoms with Gasteiger partial charge in [-0.1, -0.05) is 12.1 Å². The van der Waals surface area contributed by atoms with Crippen molar-refractivity contribution in [2.24, 2.45) is 0 Å². The molecule has 2 N–H and O–H groups in total. The lowest BCUT2D eigenvalue weighted by Gasteiger charge is -2.07. The summed E-state index contributed by atoms with van der Waals surface area (Å²) in [5.74, 6) is -0.323. The van der Waals surface area contributed by atoms with E-state index in [4.69, 9.17) is 11.0 Å². The highest BCUT2D eigenvalue weighted by atomic mass is 16.2. The first-order valence-corrected chi connectivity index (χ1v) is 7.38. The summed E-state index contributed by atoms with van der Waals surface area (Å²) in [5.41, 5.74) is 9.36. The third kappa shape index (κ3) is 2.77. The van der Waals surface area contributed by atoms with Crippen LogP contribution in [0.15, 0.2) is 36.5 Å². The number of nitriles is 1. The van der Waals surface area contributed by atoms with E-state index in [1.54, 1.807) is 18.2 Å². The Hall–Kier alpha value is -3.40. The molecule has 0 amide bonds. The lowest BCUT2D eigenvalue weighted by Crippen LogP contribution is -2.16. The van der Waals surface area contributed by atoms with Gasteiger partial charge in [0.05, 0.1) is 18.4 Å². The number of carbonyl (C=O) groups is 1. The highest BCUT2D eigenvalue weighted by molar-refractivity contribution is 5.97. The van der Waals surface area contributed by atoms with Crippen LogP contribution in [0.1, 0.15) is 32.9 Å². The molecule has 0 fully saturated rings. The number of hydrogen-bond donors (Lipinski definition) is 1. The van der Waals surface area contributed by atoms with Crippen molar-refractivity contribution in [3.63, 3.8) is 0 Å². The predicted molar refractivity (Wildman–Crippen MR) is 88.3 cm³/mol. The second-order valence-corrected chi connectivity index (χ2v) is 5.56. The maximum absolute atomic E-state index is 12.6. The molecule has 0 saturated carbocycles. The first kappa shape index (κ1) is 15.5. The molecule has 120 valence electrons. The van der Waals surface area contributed by atoms with E-state index >= 15 is 0 Å². The Balaban J connectivity index is 1.90. The fourth-order valence-corrected chi connectivity index (χ4v) is 2.54. The average Bonchev–Trinajstić information content (AvgIpc) is 3.08. The van der Waals surface area contributed by atoms with Crippen LogP contribution in [0.2, 0.25) is 0 Å². The minimum Gasteiger partial charge on any atom is -0.382 e. The van der Waals surface area contributed by atoms with Crippen LogP contribution in [-0.4, -0.2) is 25.5 Å². The number of hydrogen-bond acceptors (Lipinski definition) is 5. The number of anilines is 1. The molecule has 0 aliphatic rings. The number of benzene rings is 1. The average molecular weight is 320 g/mol. The van der Waals surface area contributed by atoms with Crippen molar-refractivity contribution < 1.29 is 4.79 Å². The molecule has 2 heterocycles. The molecule has 2 aromatic heterocycles. The van der Waals surface area contributed by atoms with Crippen molar-refractivity contribution in [3.8, 4) is 6.07 Å². The Morgan fingerprint density at radius 3 is 2.75 bits per heavy atom. The van der Waals surface area contributed by atoms with Gasteiger partial charge in [0.25, 0.3) is 5.91 Å². The largest absolute Gasteiger partial charge is 0.382 e. The Morgan fingerprint density at radius 2 is 2.12 bits per heavy atom. The number of aromatic nitrogens is 4. The normalized spacial score (nSPS) is 10.5. The second kappa shape index (κ2) is 6.01. The third-order valence-electron chi connectivity index (χ3n) is 3.73. The van der Waals surface area contributed by atoms with Gasteiger partial charge in [-0.3, -0.25) is 9.48 Å². The van der Waals surface area contributed by atoms with Crippen molar-refractivity contribution >= 4 is 11.7 Å². The summed E-state index contributed by atoms with van der Waals surface area (Å²) < 4.78 is 2.93. The van der Waals surface area contributed by atoms with Crippen LogP contribution < -0.4 is 5.73 Å². The summed E-state index contributed by atoms with van der Waals surface area (Å²) in [7, 11) is 0. The van der Waals surface area contributed by atoms with Gasteiger partial charge in [0.15, 0.2) is 0 Å². The highest BCUT2D eigenvalue weighted by Gasteiger charge is 2.16. The zero-order valence-corrected chi connectivity index (χ0v) is 13.4. The van der Waals surface area contributed by atoms with Crippen molar-refractivity contribution in [1.29, 1.82) is 5.26 Å². The second-order valence-electron chi connectivity index (χ2n) is 5.56. The van der Waals surface area contributed by atoms with Crippen molar-refractivity contribution in [1.82, 2.24) is 19.6 Å². The van der Waals surface area contributed by atoms with Gasteiger partial charge >= 0.3 is 0 Å². The maximum atomic E-state index is 12.6.